The Bertz CT molecular complexity index is 1040. The second kappa shape index (κ2) is 8.50. The van der Waals surface area contributed by atoms with E-state index < -0.39 is 5.82 Å². The van der Waals surface area contributed by atoms with Crippen molar-refractivity contribution >= 4 is 34.6 Å². The number of nitrogens with one attached hydrogen (secondary N) is 2. The normalized spacial score (nSPS) is 15.2. The molecule has 1 saturated heterocycles. The molecule has 0 spiro atoms. The van der Waals surface area contributed by atoms with Gasteiger partial charge in [-0.15, -0.1) is 0 Å². The lowest BCUT2D eigenvalue weighted by Crippen LogP contribution is -2.41. The van der Waals surface area contributed by atoms with E-state index in [1.54, 1.807) is 30.4 Å². The van der Waals surface area contributed by atoms with Gasteiger partial charge in [-0.25, -0.2) is 8.78 Å². The topological polar surface area (TPSA) is 70.2 Å². The third-order valence-electron chi connectivity index (χ3n) is 4.73. The molecule has 0 unspecified atom stereocenters. The minimum Gasteiger partial charge on any atom is -0.379 e. The fourth-order valence-electron chi connectivity index (χ4n) is 3.18. The van der Waals surface area contributed by atoms with Gasteiger partial charge in [0.2, 0.25) is 5.91 Å². The number of carbonyl (C=O) groups excluding carboxylic acids is 1. The first kappa shape index (κ1) is 19.2. The van der Waals surface area contributed by atoms with Gasteiger partial charge >= 0.3 is 0 Å². The Morgan fingerprint density at radius 2 is 1.93 bits per heavy atom. The van der Waals surface area contributed by atoms with Gasteiger partial charge in [0.25, 0.3) is 0 Å². The molecule has 3 aromatic rings. The van der Waals surface area contributed by atoms with Crippen molar-refractivity contribution in [1.29, 1.82) is 0 Å². The van der Waals surface area contributed by atoms with E-state index in [0.717, 1.165) is 5.56 Å². The van der Waals surface area contributed by atoms with Crippen LogP contribution in [-0.4, -0.2) is 53.9 Å². The first-order chi connectivity index (χ1) is 14.1. The molecule has 1 aliphatic heterocycles. The van der Waals surface area contributed by atoms with Crippen molar-refractivity contribution in [3.8, 4) is 0 Å². The number of ether oxygens (including phenoxy) is 1. The summed E-state index contributed by atoms with van der Waals surface area (Å²) in [5, 5.41) is 10.3. The molecule has 1 amide bonds. The highest BCUT2D eigenvalue weighted by Crippen LogP contribution is 2.25. The van der Waals surface area contributed by atoms with Gasteiger partial charge in [0.1, 0.15) is 11.6 Å². The lowest BCUT2D eigenvalue weighted by Gasteiger charge is -2.25. The van der Waals surface area contributed by atoms with E-state index in [4.69, 9.17) is 4.74 Å². The number of hydrogen-bond donors (Lipinski definition) is 2. The van der Waals surface area contributed by atoms with E-state index in [9.17, 15) is 13.6 Å². The second-order valence-corrected chi connectivity index (χ2v) is 6.81. The standard InChI is InChI=1S/C21H20F2N4O2/c22-15-4-1-14(2-5-15)3-6-18-16-11-20(17(23)12-19(16)26-25-18)24-21(28)13-27-7-9-29-10-8-27/h1-6,11-12H,7-10,13H2,(H,24,28)(H,25,26). The Morgan fingerprint density at radius 3 is 2.69 bits per heavy atom. The molecule has 6 nitrogen and oxygen atoms in total. The van der Waals surface area contributed by atoms with Crippen molar-refractivity contribution in [1.82, 2.24) is 15.1 Å². The summed E-state index contributed by atoms with van der Waals surface area (Å²) in [6.45, 7) is 2.71. The summed E-state index contributed by atoms with van der Waals surface area (Å²) >= 11 is 0. The first-order valence-corrected chi connectivity index (χ1v) is 9.30. The maximum atomic E-state index is 14.4. The zero-order valence-electron chi connectivity index (χ0n) is 15.6. The van der Waals surface area contributed by atoms with Crippen LogP contribution in [-0.2, 0) is 9.53 Å². The molecule has 2 N–H and O–H groups in total. The largest absolute Gasteiger partial charge is 0.379 e. The highest BCUT2D eigenvalue weighted by atomic mass is 19.1. The van der Waals surface area contributed by atoms with Gasteiger partial charge in [0, 0.05) is 24.5 Å². The third-order valence-corrected chi connectivity index (χ3v) is 4.73. The second-order valence-electron chi connectivity index (χ2n) is 6.81. The smallest absolute Gasteiger partial charge is 0.238 e. The highest BCUT2D eigenvalue weighted by molar-refractivity contribution is 5.97. The van der Waals surface area contributed by atoms with E-state index in [0.29, 0.717) is 42.9 Å². The fraction of sp³-hybridized carbons (Fsp3) is 0.238. The summed E-state index contributed by atoms with van der Waals surface area (Å²) in [4.78, 5) is 14.3. The Morgan fingerprint density at radius 1 is 1.17 bits per heavy atom. The number of carbonyl (C=O) groups is 1. The molecule has 0 atom stereocenters. The molecule has 0 saturated carbocycles. The summed E-state index contributed by atoms with van der Waals surface area (Å²) in [6.07, 6.45) is 3.54. The van der Waals surface area contributed by atoms with Crippen LogP contribution in [0.2, 0.25) is 0 Å². The van der Waals surface area contributed by atoms with E-state index in [1.165, 1.54) is 18.2 Å². The molecule has 8 heteroatoms. The Labute approximate surface area is 166 Å². The van der Waals surface area contributed by atoms with Crippen LogP contribution < -0.4 is 5.32 Å². The molecule has 2 heterocycles. The van der Waals surface area contributed by atoms with Gasteiger partial charge in [-0.05, 0) is 29.8 Å². The number of benzene rings is 2. The van der Waals surface area contributed by atoms with Crippen LogP contribution in [0.25, 0.3) is 23.1 Å². The van der Waals surface area contributed by atoms with Crippen LogP contribution in [0.5, 0.6) is 0 Å². The Hall–Kier alpha value is -3.10. The van der Waals surface area contributed by atoms with Gasteiger partial charge in [0.15, 0.2) is 0 Å². The molecule has 150 valence electrons. The van der Waals surface area contributed by atoms with Gasteiger partial charge in [-0.2, -0.15) is 5.10 Å². The number of aromatic amines is 1. The number of anilines is 1. The van der Waals surface area contributed by atoms with Gasteiger partial charge in [-0.1, -0.05) is 18.2 Å². The summed E-state index contributed by atoms with van der Waals surface area (Å²) < 4.78 is 32.7. The van der Waals surface area contributed by atoms with E-state index in [2.05, 4.69) is 15.5 Å². The SMILES string of the molecule is O=C(CN1CCOCC1)Nc1cc2c(C=Cc3ccc(F)cc3)n[nH]c2cc1F. The first-order valence-electron chi connectivity index (χ1n) is 9.30. The van der Waals surface area contributed by atoms with Crippen LogP contribution in [0.15, 0.2) is 36.4 Å². The number of hydrogen-bond acceptors (Lipinski definition) is 4. The molecular formula is C21H20F2N4O2. The quantitative estimate of drug-likeness (QED) is 0.692. The molecule has 4 rings (SSSR count). The summed E-state index contributed by atoms with van der Waals surface area (Å²) in [7, 11) is 0. The lowest BCUT2D eigenvalue weighted by atomic mass is 10.1. The zero-order chi connectivity index (χ0) is 20.2. The van der Waals surface area contributed by atoms with E-state index in [1.807, 2.05) is 4.90 Å². The molecule has 1 fully saturated rings. The Balaban J connectivity index is 1.52. The van der Waals surface area contributed by atoms with Crippen molar-refractivity contribution in [2.24, 2.45) is 0 Å². The maximum Gasteiger partial charge on any atom is 0.238 e. The molecule has 1 aliphatic rings. The molecule has 1 aromatic heterocycles. The molecule has 2 aromatic carbocycles. The van der Waals surface area contributed by atoms with Crippen molar-refractivity contribution in [3.63, 3.8) is 0 Å². The predicted molar refractivity (Wildman–Crippen MR) is 107 cm³/mol. The maximum absolute atomic E-state index is 14.4. The van der Waals surface area contributed by atoms with Crippen LogP contribution in [0.1, 0.15) is 11.3 Å². The van der Waals surface area contributed by atoms with Gasteiger partial charge in [-0.3, -0.25) is 14.8 Å². The van der Waals surface area contributed by atoms with Crippen LogP contribution >= 0.6 is 0 Å². The van der Waals surface area contributed by atoms with E-state index >= 15 is 0 Å². The number of fused-ring (bicyclic) bond motifs is 1. The van der Waals surface area contributed by atoms with Crippen molar-refractivity contribution in [3.05, 3.63) is 59.3 Å². The number of nitrogens with zero attached hydrogens (tertiary/aromatic N) is 2. The number of morpholine rings is 1. The average Bonchev–Trinajstić information content (AvgIpc) is 3.10. The fourth-order valence-corrected chi connectivity index (χ4v) is 3.18. The number of rotatable bonds is 5. The van der Waals surface area contributed by atoms with Crippen molar-refractivity contribution in [2.45, 2.75) is 0 Å². The van der Waals surface area contributed by atoms with Crippen molar-refractivity contribution < 1.29 is 18.3 Å². The van der Waals surface area contributed by atoms with Crippen LogP contribution in [0, 0.1) is 11.6 Å². The number of amides is 1. The lowest BCUT2D eigenvalue weighted by molar-refractivity contribution is -0.118. The number of aromatic nitrogens is 2. The molecule has 0 radical (unpaired) electrons. The Kier molecular flexibility index (Phi) is 5.64. The summed E-state index contributed by atoms with van der Waals surface area (Å²) in [5.41, 5.74) is 2.03. The van der Waals surface area contributed by atoms with Crippen molar-refractivity contribution in [2.75, 3.05) is 38.2 Å². The summed E-state index contributed by atoms with van der Waals surface area (Å²) in [6, 6.07) is 8.92. The zero-order valence-corrected chi connectivity index (χ0v) is 15.6. The van der Waals surface area contributed by atoms with Gasteiger partial charge < -0.3 is 10.1 Å². The molecule has 29 heavy (non-hydrogen) atoms. The average molecular weight is 398 g/mol. The third kappa shape index (κ3) is 4.67. The predicted octanol–water partition coefficient (Wildman–Crippen LogP) is 3.28. The minimum absolute atomic E-state index is 0.105. The molecular weight excluding hydrogens is 378 g/mol. The molecule has 0 aliphatic carbocycles. The molecule has 0 bridgehead atoms. The van der Waals surface area contributed by atoms with Crippen LogP contribution in [0.3, 0.4) is 0 Å². The monoisotopic (exact) mass is 398 g/mol. The highest BCUT2D eigenvalue weighted by Gasteiger charge is 2.16. The van der Waals surface area contributed by atoms with Gasteiger partial charge in [0.05, 0.1) is 36.7 Å². The summed E-state index contributed by atoms with van der Waals surface area (Å²) in [5.74, 6) is -1.12. The van der Waals surface area contributed by atoms with Crippen LogP contribution in [0.4, 0.5) is 14.5 Å². The number of H-pyrrole nitrogens is 1. The minimum atomic E-state index is -0.537. The number of halogens is 2. The van der Waals surface area contributed by atoms with E-state index in [-0.39, 0.29) is 24.0 Å².